The zero-order valence-corrected chi connectivity index (χ0v) is 15.0. The average molecular weight is 367 g/mol. The minimum absolute atomic E-state index is 0.0379. The van der Waals surface area contributed by atoms with Gasteiger partial charge in [-0.3, -0.25) is 14.9 Å². The van der Waals surface area contributed by atoms with Gasteiger partial charge in [0, 0.05) is 11.1 Å². The molecule has 136 valence electrons. The van der Waals surface area contributed by atoms with Crippen LogP contribution in [0.25, 0.3) is 0 Å². The number of rotatable bonds is 5. The molecule has 1 aromatic carbocycles. The molecule has 3 amide bonds. The molecular formula is C18H23ClN2O4. The molecule has 2 atom stereocenters. The number of carbonyl (C=O) groups excluding carboxylic acids is 3. The summed E-state index contributed by atoms with van der Waals surface area (Å²) in [4.78, 5) is 35.3. The van der Waals surface area contributed by atoms with E-state index in [1.54, 1.807) is 24.3 Å². The van der Waals surface area contributed by atoms with Crippen molar-refractivity contribution in [3.63, 3.8) is 0 Å². The van der Waals surface area contributed by atoms with Crippen molar-refractivity contribution in [1.29, 1.82) is 0 Å². The van der Waals surface area contributed by atoms with E-state index in [9.17, 15) is 14.4 Å². The Morgan fingerprint density at radius 2 is 1.84 bits per heavy atom. The number of amides is 3. The lowest BCUT2D eigenvalue weighted by atomic mass is 9.86. The summed E-state index contributed by atoms with van der Waals surface area (Å²) >= 11 is 5.77. The quantitative estimate of drug-likeness (QED) is 0.785. The van der Waals surface area contributed by atoms with Gasteiger partial charge in [-0.25, -0.2) is 4.79 Å². The molecule has 0 radical (unpaired) electrons. The van der Waals surface area contributed by atoms with Gasteiger partial charge in [-0.1, -0.05) is 43.5 Å². The minimum Gasteiger partial charge on any atom is -0.455 e. The van der Waals surface area contributed by atoms with E-state index in [1.807, 2.05) is 0 Å². The lowest BCUT2D eigenvalue weighted by Gasteiger charge is -2.29. The maximum Gasteiger partial charge on any atom is 0.321 e. The first-order valence-electron chi connectivity index (χ1n) is 8.44. The van der Waals surface area contributed by atoms with Gasteiger partial charge in [0.1, 0.15) is 0 Å². The second-order valence-corrected chi connectivity index (χ2v) is 6.79. The predicted molar refractivity (Wildman–Crippen MR) is 94.2 cm³/mol. The van der Waals surface area contributed by atoms with Gasteiger partial charge < -0.3 is 10.1 Å². The number of urea groups is 1. The molecule has 1 aromatic rings. The van der Waals surface area contributed by atoms with Crippen molar-refractivity contribution in [2.45, 2.75) is 45.1 Å². The number of halogens is 1. The molecule has 0 aromatic heterocycles. The van der Waals surface area contributed by atoms with Crippen LogP contribution < -0.4 is 10.6 Å². The Kier molecular flexibility index (Phi) is 7.25. The van der Waals surface area contributed by atoms with Gasteiger partial charge in [0.15, 0.2) is 6.61 Å². The van der Waals surface area contributed by atoms with Crippen LogP contribution in [-0.4, -0.2) is 30.6 Å². The van der Waals surface area contributed by atoms with Crippen molar-refractivity contribution in [1.82, 2.24) is 10.6 Å². The van der Waals surface area contributed by atoms with Crippen molar-refractivity contribution >= 4 is 29.5 Å². The zero-order chi connectivity index (χ0) is 18.2. The number of carbonyl (C=O) groups is 3. The van der Waals surface area contributed by atoms with Crippen LogP contribution in [0.4, 0.5) is 4.79 Å². The van der Waals surface area contributed by atoms with Crippen molar-refractivity contribution in [2.75, 3.05) is 6.61 Å². The second kappa shape index (κ2) is 9.42. The third-order valence-corrected chi connectivity index (χ3v) is 4.56. The fraction of sp³-hybridized carbons (Fsp3) is 0.500. The number of imide groups is 1. The fourth-order valence-corrected chi connectivity index (χ4v) is 2.99. The van der Waals surface area contributed by atoms with Crippen molar-refractivity contribution in [3.05, 3.63) is 34.9 Å². The molecule has 1 aliphatic rings. The van der Waals surface area contributed by atoms with E-state index >= 15 is 0 Å². The van der Waals surface area contributed by atoms with E-state index in [1.165, 1.54) is 6.42 Å². The topological polar surface area (TPSA) is 84.5 Å². The van der Waals surface area contributed by atoms with Gasteiger partial charge in [-0.05, 0) is 36.5 Å². The summed E-state index contributed by atoms with van der Waals surface area (Å²) in [6, 6.07) is 6.30. The monoisotopic (exact) mass is 366 g/mol. The summed E-state index contributed by atoms with van der Waals surface area (Å²) in [5.41, 5.74) is 0.735. The molecule has 0 bridgehead atoms. The van der Waals surface area contributed by atoms with E-state index in [4.69, 9.17) is 16.3 Å². The lowest BCUT2D eigenvalue weighted by molar-refractivity contribution is -0.147. The highest BCUT2D eigenvalue weighted by Crippen LogP contribution is 2.23. The first kappa shape index (κ1) is 19.2. The van der Waals surface area contributed by atoms with Gasteiger partial charge in [-0.2, -0.15) is 0 Å². The summed E-state index contributed by atoms with van der Waals surface area (Å²) in [7, 11) is 0. The van der Waals surface area contributed by atoms with Crippen molar-refractivity contribution in [2.24, 2.45) is 5.92 Å². The molecule has 2 N–H and O–H groups in total. The van der Waals surface area contributed by atoms with Crippen LogP contribution in [0.15, 0.2) is 24.3 Å². The number of ether oxygens (including phenoxy) is 1. The van der Waals surface area contributed by atoms with Crippen LogP contribution in [0.5, 0.6) is 0 Å². The molecule has 0 heterocycles. The standard InChI is InChI=1S/C18H23ClN2O4/c1-12-4-2-3-5-15(12)20-18(24)21-16(22)11-25-17(23)10-13-6-8-14(19)9-7-13/h6-9,12,15H,2-5,10-11H2,1H3,(H2,20,21,22,24)/t12-,15+/m1/s1. The van der Waals surface area contributed by atoms with Crippen LogP contribution in [0.2, 0.25) is 5.02 Å². The Hall–Kier alpha value is -2.08. The Bertz CT molecular complexity index is 618. The first-order chi connectivity index (χ1) is 11.9. The highest BCUT2D eigenvalue weighted by molar-refractivity contribution is 6.30. The Balaban J connectivity index is 1.68. The van der Waals surface area contributed by atoms with Crippen LogP contribution in [0, 0.1) is 5.92 Å². The van der Waals surface area contributed by atoms with E-state index in [2.05, 4.69) is 17.6 Å². The maximum atomic E-state index is 11.8. The normalized spacial score (nSPS) is 19.8. The first-order valence-corrected chi connectivity index (χ1v) is 8.82. The number of nitrogens with one attached hydrogen (secondary N) is 2. The van der Waals surface area contributed by atoms with Gasteiger partial charge in [-0.15, -0.1) is 0 Å². The van der Waals surface area contributed by atoms with E-state index < -0.39 is 24.5 Å². The van der Waals surface area contributed by atoms with Gasteiger partial charge in [0.2, 0.25) is 0 Å². The Morgan fingerprint density at radius 3 is 2.52 bits per heavy atom. The molecule has 6 nitrogen and oxygen atoms in total. The van der Waals surface area contributed by atoms with Gasteiger partial charge >= 0.3 is 12.0 Å². The molecule has 0 unspecified atom stereocenters. The fourth-order valence-electron chi connectivity index (χ4n) is 2.86. The molecule has 0 spiro atoms. The van der Waals surface area contributed by atoms with E-state index in [0.717, 1.165) is 24.8 Å². The number of hydrogen-bond donors (Lipinski definition) is 2. The van der Waals surface area contributed by atoms with Gasteiger partial charge in [0.25, 0.3) is 5.91 Å². The zero-order valence-electron chi connectivity index (χ0n) is 14.2. The number of benzene rings is 1. The smallest absolute Gasteiger partial charge is 0.321 e. The Morgan fingerprint density at radius 1 is 1.16 bits per heavy atom. The summed E-state index contributed by atoms with van der Waals surface area (Å²) < 4.78 is 4.89. The third-order valence-electron chi connectivity index (χ3n) is 4.31. The number of hydrogen-bond acceptors (Lipinski definition) is 4. The lowest BCUT2D eigenvalue weighted by Crippen LogP contribution is -2.48. The summed E-state index contributed by atoms with van der Waals surface area (Å²) in [6.45, 7) is 1.60. The van der Waals surface area contributed by atoms with E-state index in [-0.39, 0.29) is 12.5 Å². The Labute approximate surface area is 152 Å². The predicted octanol–water partition coefficient (Wildman–Crippen LogP) is 2.83. The summed E-state index contributed by atoms with van der Waals surface area (Å²) in [5.74, 6) is -0.795. The van der Waals surface area contributed by atoms with Crippen molar-refractivity contribution < 1.29 is 19.1 Å². The van der Waals surface area contributed by atoms with Crippen LogP contribution in [0.3, 0.4) is 0 Å². The molecule has 0 aliphatic heterocycles. The third kappa shape index (κ3) is 6.74. The minimum atomic E-state index is -0.648. The average Bonchev–Trinajstić information content (AvgIpc) is 2.57. The molecule has 1 saturated carbocycles. The van der Waals surface area contributed by atoms with Crippen LogP contribution >= 0.6 is 11.6 Å². The summed E-state index contributed by atoms with van der Waals surface area (Å²) in [5, 5.41) is 5.58. The van der Waals surface area contributed by atoms with Gasteiger partial charge in [0.05, 0.1) is 6.42 Å². The largest absolute Gasteiger partial charge is 0.455 e. The molecule has 7 heteroatoms. The maximum absolute atomic E-state index is 11.8. The van der Waals surface area contributed by atoms with Crippen LogP contribution in [0.1, 0.15) is 38.2 Å². The molecule has 25 heavy (non-hydrogen) atoms. The molecule has 2 rings (SSSR count). The van der Waals surface area contributed by atoms with E-state index in [0.29, 0.717) is 10.9 Å². The molecular weight excluding hydrogens is 344 g/mol. The second-order valence-electron chi connectivity index (χ2n) is 6.35. The molecule has 1 aliphatic carbocycles. The summed E-state index contributed by atoms with van der Waals surface area (Å²) in [6.07, 6.45) is 4.27. The highest BCUT2D eigenvalue weighted by atomic mass is 35.5. The van der Waals surface area contributed by atoms with Crippen LogP contribution in [-0.2, 0) is 20.7 Å². The SMILES string of the molecule is C[C@@H]1CCCC[C@@H]1NC(=O)NC(=O)COC(=O)Cc1ccc(Cl)cc1. The molecule has 0 saturated heterocycles. The van der Waals surface area contributed by atoms with Crippen molar-refractivity contribution in [3.8, 4) is 0 Å². The highest BCUT2D eigenvalue weighted by Gasteiger charge is 2.23. The number of esters is 1. The molecule has 1 fully saturated rings.